The normalized spacial score (nSPS) is 10.6. The zero-order valence-corrected chi connectivity index (χ0v) is 13.3. The number of nitrogens with zero attached hydrogens (tertiary/aromatic N) is 2. The zero-order valence-electron chi connectivity index (χ0n) is 12.5. The molecule has 0 aliphatic carbocycles. The molecule has 2 heterocycles. The minimum Gasteiger partial charge on any atom is -0.326 e. The first kappa shape index (κ1) is 16.2. The Morgan fingerprint density at radius 2 is 2.08 bits per heavy atom. The minimum atomic E-state index is -0.992. The molecule has 0 aliphatic rings. The molecule has 7 heteroatoms. The smallest absolute Gasteiger partial charge is 0.224 e. The summed E-state index contributed by atoms with van der Waals surface area (Å²) < 4.78 is 26.0. The fourth-order valence-corrected chi connectivity index (χ4v) is 2.90. The molecular weight excluding hydrogens is 332 g/mol. The largest absolute Gasteiger partial charge is 0.326 e. The molecule has 122 valence electrons. The Bertz CT molecular complexity index is 852. The van der Waals surface area contributed by atoms with Gasteiger partial charge in [-0.25, -0.2) is 13.8 Å². The molecular formula is C17H13F2N3OS. The van der Waals surface area contributed by atoms with E-state index in [0.29, 0.717) is 6.42 Å². The number of pyridine rings is 1. The lowest BCUT2D eigenvalue weighted by atomic mass is 10.2. The predicted octanol–water partition coefficient (Wildman–Crippen LogP) is 4.05. The van der Waals surface area contributed by atoms with Gasteiger partial charge in [-0.05, 0) is 24.3 Å². The molecule has 0 aliphatic heterocycles. The number of rotatable bonds is 5. The number of hydrogen-bond donors (Lipinski definition) is 1. The lowest BCUT2D eigenvalue weighted by molar-refractivity contribution is -0.116. The molecule has 0 atom stereocenters. The minimum absolute atomic E-state index is 0.207. The molecule has 24 heavy (non-hydrogen) atoms. The Morgan fingerprint density at radius 3 is 2.83 bits per heavy atom. The number of anilines is 1. The Kier molecular flexibility index (Phi) is 4.90. The van der Waals surface area contributed by atoms with E-state index in [9.17, 15) is 13.6 Å². The van der Waals surface area contributed by atoms with Crippen molar-refractivity contribution < 1.29 is 13.6 Å². The van der Waals surface area contributed by atoms with Crippen LogP contribution in [0.15, 0.2) is 48.1 Å². The Balaban J connectivity index is 1.56. The second-order valence-corrected chi connectivity index (χ2v) is 5.99. The lowest BCUT2D eigenvalue weighted by Crippen LogP contribution is -2.12. The molecule has 1 aromatic carbocycles. The van der Waals surface area contributed by atoms with Crippen LogP contribution in [0.3, 0.4) is 0 Å². The summed E-state index contributed by atoms with van der Waals surface area (Å²) in [6, 6.07) is 7.01. The van der Waals surface area contributed by atoms with Gasteiger partial charge in [-0.3, -0.25) is 9.78 Å². The fourth-order valence-electron chi connectivity index (χ4n) is 2.09. The van der Waals surface area contributed by atoms with E-state index in [1.807, 2.05) is 17.5 Å². The molecule has 2 aromatic heterocycles. The van der Waals surface area contributed by atoms with E-state index >= 15 is 0 Å². The van der Waals surface area contributed by atoms with Crippen molar-refractivity contribution in [3.63, 3.8) is 0 Å². The average Bonchev–Trinajstić information content (AvgIpc) is 3.06. The van der Waals surface area contributed by atoms with Crippen molar-refractivity contribution in [2.45, 2.75) is 12.8 Å². The summed E-state index contributed by atoms with van der Waals surface area (Å²) in [4.78, 5) is 20.4. The van der Waals surface area contributed by atoms with Crippen LogP contribution in [0.1, 0.15) is 11.4 Å². The van der Waals surface area contributed by atoms with Crippen molar-refractivity contribution in [2.75, 3.05) is 5.32 Å². The molecule has 0 unspecified atom stereocenters. The van der Waals surface area contributed by atoms with Gasteiger partial charge in [0.05, 0.1) is 10.7 Å². The van der Waals surface area contributed by atoms with E-state index in [-0.39, 0.29) is 18.0 Å². The van der Waals surface area contributed by atoms with Gasteiger partial charge < -0.3 is 5.32 Å². The topological polar surface area (TPSA) is 54.9 Å². The average molecular weight is 345 g/mol. The number of aromatic nitrogens is 2. The van der Waals surface area contributed by atoms with Gasteiger partial charge in [-0.2, -0.15) is 0 Å². The van der Waals surface area contributed by atoms with Gasteiger partial charge in [0, 0.05) is 47.9 Å². The second kappa shape index (κ2) is 7.27. The van der Waals surface area contributed by atoms with E-state index in [1.165, 1.54) is 17.4 Å². The van der Waals surface area contributed by atoms with Gasteiger partial charge in [0.25, 0.3) is 0 Å². The maximum Gasteiger partial charge on any atom is 0.224 e. The van der Waals surface area contributed by atoms with Crippen LogP contribution in [0, 0.1) is 11.6 Å². The van der Waals surface area contributed by atoms with Crippen molar-refractivity contribution in [3.8, 4) is 11.3 Å². The SMILES string of the molecule is O=C(CCc1nc(-c2cccnc2)cs1)Nc1ccc(F)c(F)c1. The molecule has 0 saturated heterocycles. The fraction of sp³-hybridized carbons (Fsp3) is 0.118. The molecule has 0 bridgehead atoms. The van der Waals surface area contributed by atoms with Crippen molar-refractivity contribution in [1.29, 1.82) is 0 Å². The number of benzene rings is 1. The number of aryl methyl sites for hydroxylation is 1. The third-order valence-electron chi connectivity index (χ3n) is 3.28. The van der Waals surface area contributed by atoms with Crippen LogP contribution in [0.25, 0.3) is 11.3 Å². The number of amides is 1. The summed E-state index contributed by atoms with van der Waals surface area (Å²) in [5, 5.41) is 5.28. The van der Waals surface area contributed by atoms with E-state index in [0.717, 1.165) is 28.4 Å². The number of halogens is 2. The summed E-state index contributed by atoms with van der Waals surface area (Å²) in [6.45, 7) is 0. The van der Waals surface area contributed by atoms with Crippen LogP contribution in [0.4, 0.5) is 14.5 Å². The highest BCUT2D eigenvalue weighted by Gasteiger charge is 2.09. The molecule has 0 spiro atoms. The summed E-state index contributed by atoms with van der Waals surface area (Å²) in [5.74, 6) is -2.22. The zero-order chi connectivity index (χ0) is 16.9. The quantitative estimate of drug-likeness (QED) is 0.759. The molecule has 0 radical (unpaired) electrons. The van der Waals surface area contributed by atoms with E-state index < -0.39 is 11.6 Å². The summed E-state index contributed by atoms with van der Waals surface area (Å²) in [7, 11) is 0. The third kappa shape index (κ3) is 3.99. The van der Waals surface area contributed by atoms with E-state index in [1.54, 1.807) is 12.4 Å². The summed E-state index contributed by atoms with van der Waals surface area (Å²) in [6.07, 6.45) is 4.10. The van der Waals surface area contributed by atoms with E-state index in [4.69, 9.17) is 0 Å². The van der Waals surface area contributed by atoms with Crippen LogP contribution < -0.4 is 5.32 Å². The van der Waals surface area contributed by atoms with E-state index in [2.05, 4.69) is 15.3 Å². The number of nitrogens with one attached hydrogen (secondary N) is 1. The molecule has 1 N–H and O–H groups in total. The van der Waals surface area contributed by atoms with Gasteiger partial charge in [-0.1, -0.05) is 0 Å². The number of carbonyl (C=O) groups excluding carboxylic acids is 1. The number of hydrogen-bond acceptors (Lipinski definition) is 4. The predicted molar refractivity (Wildman–Crippen MR) is 88.7 cm³/mol. The molecule has 0 fully saturated rings. The maximum absolute atomic E-state index is 13.1. The van der Waals surface area contributed by atoms with Crippen LogP contribution in [0.5, 0.6) is 0 Å². The first-order valence-electron chi connectivity index (χ1n) is 7.21. The van der Waals surface area contributed by atoms with Crippen LogP contribution in [-0.2, 0) is 11.2 Å². The highest BCUT2D eigenvalue weighted by Crippen LogP contribution is 2.22. The van der Waals surface area contributed by atoms with Crippen molar-refractivity contribution in [2.24, 2.45) is 0 Å². The Labute approximate surface area is 141 Å². The van der Waals surface area contributed by atoms with Crippen molar-refractivity contribution in [3.05, 3.63) is 64.7 Å². The van der Waals surface area contributed by atoms with Crippen molar-refractivity contribution in [1.82, 2.24) is 9.97 Å². The summed E-state index contributed by atoms with van der Waals surface area (Å²) >= 11 is 1.47. The molecule has 4 nitrogen and oxygen atoms in total. The summed E-state index contributed by atoms with van der Waals surface area (Å²) in [5.41, 5.74) is 1.98. The van der Waals surface area contributed by atoms with Crippen LogP contribution in [-0.4, -0.2) is 15.9 Å². The van der Waals surface area contributed by atoms with Gasteiger partial charge in [0.1, 0.15) is 0 Å². The standard InChI is InChI=1S/C17H13F2N3OS/c18-13-4-3-12(8-14(13)19)21-16(23)5-6-17-22-15(10-24-17)11-2-1-7-20-9-11/h1-4,7-10H,5-6H2,(H,21,23). The molecule has 3 aromatic rings. The first-order valence-corrected chi connectivity index (χ1v) is 8.09. The molecule has 3 rings (SSSR count). The highest BCUT2D eigenvalue weighted by molar-refractivity contribution is 7.09. The Hall–Kier alpha value is -2.67. The first-order chi connectivity index (χ1) is 11.6. The number of carbonyl (C=O) groups is 1. The Morgan fingerprint density at radius 1 is 1.21 bits per heavy atom. The van der Waals surface area contributed by atoms with Gasteiger partial charge in [0.15, 0.2) is 11.6 Å². The number of thiazole rings is 1. The lowest BCUT2D eigenvalue weighted by Gasteiger charge is -2.04. The maximum atomic E-state index is 13.1. The van der Waals surface area contributed by atoms with Gasteiger partial charge in [0.2, 0.25) is 5.91 Å². The van der Waals surface area contributed by atoms with Gasteiger partial charge >= 0.3 is 0 Å². The van der Waals surface area contributed by atoms with Crippen LogP contribution in [0.2, 0.25) is 0 Å². The molecule has 1 amide bonds. The van der Waals surface area contributed by atoms with Crippen molar-refractivity contribution >= 4 is 22.9 Å². The highest BCUT2D eigenvalue weighted by atomic mass is 32.1. The second-order valence-electron chi connectivity index (χ2n) is 5.05. The van der Waals surface area contributed by atoms with Crippen LogP contribution >= 0.6 is 11.3 Å². The van der Waals surface area contributed by atoms with Gasteiger partial charge in [-0.15, -0.1) is 11.3 Å². The monoisotopic (exact) mass is 345 g/mol. The third-order valence-corrected chi connectivity index (χ3v) is 4.19. The molecule has 0 saturated carbocycles.